The van der Waals surface area contributed by atoms with Gasteiger partial charge >= 0.3 is 0 Å². The fourth-order valence-corrected chi connectivity index (χ4v) is 4.17. The van der Waals surface area contributed by atoms with Crippen molar-refractivity contribution in [2.24, 2.45) is 0 Å². The van der Waals surface area contributed by atoms with Crippen molar-refractivity contribution in [3.63, 3.8) is 0 Å². The van der Waals surface area contributed by atoms with Crippen molar-refractivity contribution in [1.29, 1.82) is 0 Å². The van der Waals surface area contributed by atoms with Gasteiger partial charge < -0.3 is 10.4 Å². The topological polar surface area (TPSA) is 66.4 Å². The lowest BCUT2D eigenvalue weighted by Gasteiger charge is -2.33. The highest BCUT2D eigenvalue weighted by molar-refractivity contribution is 7.91. The molecule has 1 saturated carbocycles. The van der Waals surface area contributed by atoms with E-state index in [2.05, 4.69) is 5.32 Å². The number of nitrogens with one attached hydrogen (secondary N) is 1. The quantitative estimate of drug-likeness (QED) is 0.720. The summed E-state index contributed by atoms with van der Waals surface area (Å²) in [7, 11) is -3.08. The first-order chi connectivity index (χ1) is 6.96. The normalized spacial score (nSPS) is 32.1. The SMILES string of the molecule is CCCNC1(CO)CCCC1S(C)(=O)=O. The maximum atomic E-state index is 11.6. The number of rotatable bonds is 5. The van der Waals surface area contributed by atoms with Crippen LogP contribution in [0.4, 0.5) is 0 Å². The molecule has 0 aromatic heterocycles. The molecule has 2 unspecified atom stereocenters. The first-order valence-corrected chi connectivity index (χ1v) is 7.46. The first kappa shape index (κ1) is 12.9. The average molecular weight is 235 g/mol. The number of aliphatic hydroxyl groups is 1. The van der Waals surface area contributed by atoms with Crippen molar-refractivity contribution in [1.82, 2.24) is 5.32 Å². The highest BCUT2D eigenvalue weighted by Gasteiger charge is 2.47. The summed E-state index contributed by atoms with van der Waals surface area (Å²) >= 11 is 0. The van der Waals surface area contributed by atoms with Gasteiger partial charge in [-0.2, -0.15) is 0 Å². The van der Waals surface area contributed by atoms with E-state index >= 15 is 0 Å². The molecule has 0 aromatic carbocycles. The summed E-state index contributed by atoms with van der Waals surface area (Å²) < 4.78 is 23.2. The average Bonchev–Trinajstić information content (AvgIpc) is 2.58. The summed E-state index contributed by atoms with van der Waals surface area (Å²) in [6.07, 6.45) is 4.49. The molecule has 0 amide bonds. The van der Waals surface area contributed by atoms with Gasteiger partial charge in [-0.3, -0.25) is 0 Å². The molecule has 90 valence electrons. The smallest absolute Gasteiger partial charge is 0.152 e. The second kappa shape index (κ2) is 4.80. The van der Waals surface area contributed by atoms with Gasteiger partial charge in [0.15, 0.2) is 9.84 Å². The zero-order valence-corrected chi connectivity index (χ0v) is 10.3. The van der Waals surface area contributed by atoms with Crippen LogP contribution in [-0.2, 0) is 9.84 Å². The lowest BCUT2D eigenvalue weighted by molar-refractivity contribution is 0.166. The highest BCUT2D eigenvalue weighted by Crippen LogP contribution is 2.34. The van der Waals surface area contributed by atoms with Gasteiger partial charge in [0.1, 0.15) is 0 Å². The van der Waals surface area contributed by atoms with E-state index in [1.165, 1.54) is 6.26 Å². The third-order valence-electron chi connectivity index (χ3n) is 3.23. The molecule has 1 fully saturated rings. The van der Waals surface area contributed by atoms with Crippen LogP contribution in [0.5, 0.6) is 0 Å². The molecule has 0 aromatic rings. The molecule has 0 heterocycles. The molecular weight excluding hydrogens is 214 g/mol. The largest absolute Gasteiger partial charge is 0.394 e. The predicted octanol–water partition coefficient (Wildman–Crippen LogP) is 0.314. The molecule has 1 aliphatic carbocycles. The second-order valence-corrected chi connectivity index (χ2v) is 6.68. The first-order valence-electron chi connectivity index (χ1n) is 5.51. The summed E-state index contributed by atoms with van der Waals surface area (Å²) in [6, 6.07) is 0. The van der Waals surface area contributed by atoms with E-state index in [1.807, 2.05) is 6.92 Å². The van der Waals surface area contributed by atoms with Gasteiger partial charge in [0.2, 0.25) is 0 Å². The Hall–Kier alpha value is -0.130. The van der Waals surface area contributed by atoms with Crippen LogP contribution < -0.4 is 5.32 Å². The molecule has 0 radical (unpaired) electrons. The zero-order chi connectivity index (χ0) is 11.5. The molecular formula is C10H21NO3S. The Bertz CT molecular complexity index is 302. The Balaban J connectivity index is 2.86. The molecule has 5 heteroatoms. The van der Waals surface area contributed by atoms with Gasteiger partial charge in [0, 0.05) is 6.26 Å². The van der Waals surface area contributed by atoms with Gasteiger partial charge in [-0.15, -0.1) is 0 Å². The lowest BCUT2D eigenvalue weighted by Crippen LogP contribution is -2.56. The van der Waals surface area contributed by atoms with Crippen molar-refractivity contribution < 1.29 is 13.5 Å². The summed E-state index contributed by atoms with van der Waals surface area (Å²) in [5.74, 6) is 0. The molecule has 0 aliphatic heterocycles. The minimum absolute atomic E-state index is 0.0925. The van der Waals surface area contributed by atoms with Crippen LogP contribution in [0, 0.1) is 0 Å². The van der Waals surface area contributed by atoms with Gasteiger partial charge in [-0.25, -0.2) is 8.42 Å². The summed E-state index contributed by atoms with van der Waals surface area (Å²) in [6.45, 7) is 2.69. The van der Waals surface area contributed by atoms with Crippen LogP contribution in [0.1, 0.15) is 32.6 Å². The molecule has 1 aliphatic rings. The maximum Gasteiger partial charge on any atom is 0.152 e. The Kier molecular flexibility index (Phi) is 4.14. The van der Waals surface area contributed by atoms with Crippen LogP contribution in [0.2, 0.25) is 0 Å². The Morgan fingerprint density at radius 3 is 2.67 bits per heavy atom. The van der Waals surface area contributed by atoms with Crippen LogP contribution in [0.3, 0.4) is 0 Å². The summed E-state index contributed by atoms with van der Waals surface area (Å²) in [5.41, 5.74) is -0.594. The fourth-order valence-electron chi connectivity index (χ4n) is 2.48. The standard InChI is InChI=1S/C10H21NO3S/c1-3-7-11-10(8-12)6-4-5-9(10)15(2,13)14/h9,11-12H,3-8H2,1-2H3. The van der Waals surface area contributed by atoms with E-state index in [4.69, 9.17) is 0 Å². The van der Waals surface area contributed by atoms with Gasteiger partial charge in [0.25, 0.3) is 0 Å². The van der Waals surface area contributed by atoms with Crippen molar-refractivity contribution in [3.8, 4) is 0 Å². The molecule has 2 atom stereocenters. The summed E-state index contributed by atoms with van der Waals surface area (Å²) in [5, 5.41) is 12.2. The Morgan fingerprint density at radius 2 is 2.20 bits per heavy atom. The molecule has 15 heavy (non-hydrogen) atoms. The van der Waals surface area contributed by atoms with Gasteiger partial charge in [-0.05, 0) is 25.8 Å². The summed E-state index contributed by atoms with van der Waals surface area (Å²) in [4.78, 5) is 0. The third kappa shape index (κ3) is 2.71. The van der Waals surface area contributed by atoms with Crippen LogP contribution in [0.25, 0.3) is 0 Å². The van der Waals surface area contributed by atoms with Crippen molar-refractivity contribution in [2.45, 2.75) is 43.4 Å². The molecule has 0 saturated heterocycles. The molecule has 0 bridgehead atoms. The highest BCUT2D eigenvalue weighted by atomic mass is 32.2. The number of hydrogen-bond acceptors (Lipinski definition) is 4. The van der Waals surface area contributed by atoms with Crippen LogP contribution >= 0.6 is 0 Å². The zero-order valence-electron chi connectivity index (χ0n) is 9.49. The number of sulfone groups is 1. The van der Waals surface area contributed by atoms with Crippen molar-refractivity contribution in [3.05, 3.63) is 0 Å². The Labute approximate surface area is 92.0 Å². The lowest BCUT2D eigenvalue weighted by atomic mass is 9.98. The van der Waals surface area contributed by atoms with E-state index in [-0.39, 0.29) is 6.61 Å². The van der Waals surface area contributed by atoms with Crippen molar-refractivity contribution in [2.75, 3.05) is 19.4 Å². The van der Waals surface area contributed by atoms with Gasteiger partial charge in [0.05, 0.1) is 17.4 Å². The van der Waals surface area contributed by atoms with Crippen molar-refractivity contribution >= 4 is 9.84 Å². The number of aliphatic hydroxyl groups excluding tert-OH is 1. The minimum atomic E-state index is -3.08. The fraction of sp³-hybridized carbons (Fsp3) is 1.00. The van der Waals surface area contributed by atoms with E-state index in [0.29, 0.717) is 6.42 Å². The predicted molar refractivity (Wildman–Crippen MR) is 60.6 cm³/mol. The van der Waals surface area contributed by atoms with Gasteiger partial charge in [-0.1, -0.05) is 13.3 Å². The van der Waals surface area contributed by atoms with E-state index in [1.54, 1.807) is 0 Å². The van der Waals surface area contributed by atoms with Crippen LogP contribution in [-0.4, -0.2) is 43.7 Å². The maximum absolute atomic E-state index is 11.6. The molecule has 1 rings (SSSR count). The molecule has 2 N–H and O–H groups in total. The van der Waals surface area contributed by atoms with E-state index in [0.717, 1.165) is 25.8 Å². The third-order valence-corrected chi connectivity index (χ3v) is 4.95. The van der Waals surface area contributed by atoms with Crippen LogP contribution in [0.15, 0.2) is 0 Å². The number of hydrogen-bond donors (Lipinski definition) is 2. The Morgan fingerprint density at radius 1 is 1.53 bits per heavy atom. The van der Waals surface area contributed by atoms with E-state index < -0.39 is 20.6 Å². The second-order valence-electron chi connectivity index (χ2n) is 4.45. The minimum Gasteiger partial charge on any atom is -0.394 e. The van der Waals surface area contributed by atoms with E-state index in [9.17, 15) is 13.5 Å². The molecule has 0 spiro atoms. The monoisotopic (exact) mass is 235 g/mol. The molecule has 4 nitrogen and oxygen atoms in total.